The highest BCUT2D eigenvalue weighted by Crippen LogP contribution is 2.07. The Morgan fingerprint density at radius 2 is 2.18 bits per heavy atom. The third-order valence-corrected chi connectivity index (χ3v) is 1.31. The number of nitrogen functional groups attached to an aromatic ring is 1. The maximum atomic E-state index is 10.4. The van der Waals surface area contributed by atoms with Crippen LogP contribution in [0.4, 0.5) is 5.69 Å². The largest absolute Gasteiger partial charge is 0.478 e. The maximum absolute atomic E-state index is 10.4. The van der Waals surface area contributed by atoms with Crippen molar-refractivity contribution in [1.82, 2.24) is 0 Å². The Kier molecular flexibility index (Phi) is 1.85. The van der Waals surface area contributed by atoms with Gasteiger partial charge in [-0.2, -0.15) is 0 Å². The molecule has 4 heteroatoms. The van der Waals surface area contributed by atoms with Crippen LogP contribution < -0.4 is 11.2 Å². The first-order valence-corrected chi connectivity index (χ1v) is 2.99. The molecule has 0 aliphatic heterocycles. The molecule has 3 nitrogen and oxygen atoms in total. The minimum Gasteiger partial charge on any atom is -0.478 e. The standard InChI is InChI=1S/C7H6BNO2/c8-4-1-2-5(7(10)11)6(9)3-4/h1-3H,9H2,(H,10,11). The van der Waals surface area contributed by atoms with Gasteiger partial charge in [0, 0.05) is 5.69 Å². The van der Waals surface area contributed by atoms with Crippen molar-refractivity contribution in [3.8, 4) is 0 Å². The fourth-order valence-corrected chi connectivity index (χ4v) is 0.776. The van der Waals surface area contributed by atoms with E-state index < -0.39 is 5.97 Å². The lowest BCUT2D eigenvalue weighted by molar-refractivity contribution is 0.0698. The zero-order chi connectivity index (χ0) is 8.43. The van der Waals surface area contributed by atoms with Crippen LogP contribution >= 0.6 is 0 Å². The molecule has 54 valence electrons. The van der Waals surface area contributed by atoms with E-state index in [1.54, 1.807) is 0 Å². The summed E-state index contributed by atoms with van der Waals surface area (Å²) in [5, 5.41) is 8.54. The first-order valence-electron chi connectivity index (χ1n) is 2.99. The van der Waals surface area contributed by atoms with Crippen LogP contribution in [0.2, 0.25) is 0 Å². The molecule has 3 N–H and O–H groups in total. The van der Waals surface area contributed by atoms with Gasteiger partial charge >= 0.3 is 5.97 Å². The van der Waals surface area contributed by atoms with Crippen LogP contribution in [0.25, 0.3) is 0 Å². The number of benzene rings is 1. The van der Waals surface area contributed by atoms with Gasteiger partial charge in [-0.3, -0.25) is 0 Å². The zero-order valence-corrected chi connectivity index (χ0v) is 5.74. The van der Waals surface area contributed by atoms with Gasteiger partial charge in [0.1, 0.15) is 7.85 Å². The highest BCUT2D eigenvalue weighted by Gasteiger charge is 2.05. The third kappa shape index (κ3) is 1.52. The number of hydrogen-bond acceptors (Lipinski definition) is 2. The number of rotatable bonds is 1. The predicted octanol–water partition coefficient (Wildman–Crippen LogP) is -0.239. The molecule has 1 rings (SSSR count). The summed E-state index contributed by atoms with van der Waals surface area (Å²) in [6.07, 6.45) is 0. The van der Waals surface area contributed by atoms with E-state index in [0.717, 1.165) is 0 Å². The molecule has 1 aromatic rings. The summed E-state index contributed by atoms with van der Waals surface area (Å²) in [4.78, 5) is 10.4. The molecule has 0 bridgehead atoms. The number of hydrogen-bond donors (Lipinski definition) is 2. The first-order chi connectivity index (χ1) is 5.11. The molecule has 2 radical (unpaired) electrons. The van der Waals surface area contributed by atoms with Crippen molar-refractivity contribution in [2.24, 2.45) is 0 Å². The molecule has 0 spiro atoms. The van der Waals surface area contributed by atoms with Gasteiger partial charge in [-0.25, -0.2) is 4.79 Å². The van der Waals surface area contributed by atoms with Crippen molar-refractivity contribution in [2.45, 2.75) is 0 Å². The van der Waals surface area contributed by atoms with E-state index >= 15 is 0 Å². The Hall–Kier alpha value is -1.45. The van der Waals surface area contributed by atoms with Crippen molar-refractivity contribution in [1.29, 1.82) is 0 Å². The van der Waals surface area contributed by atoms with E-state index in [-0.39, 0.29) is 11.3 Å². The molecule has 11 heavy (non-hydrogen) atoms. The van der Waals surface area contributed by atoms with Crippen LogP contribution in [0.1, 0.15) is 10.4 Å². The van der Waals surface area contributed by atoms with E-state index in [0.29, 0.717) is 5.46 Å². The van der Waals surface area contributed by atoms with E-state index in [1.165, 1.54) is 18.2 Å². The molecular formula is C7H6BNO2. The van der Waals surface area contributed by atoms with Gasteiger partial charge in [0.2, 0.25) is 0 Å². The maximum Gasteiger partial charge on any atom is 0.337 e. The highest BCUT2D eigenvalue weighted by atomic mass is 16.4. The Morgan fingerprint density at radius 3 is 2.64 bits per heavy atom. The Morgan fingerprint density at radius 1 is 1.55 bits per heavy atom. The predicted molar refractivity (Wildman–Crippen MR) is 43.2 cm³/mol. The molecule has 1 aromatic carbocycles. The van der Waals surface area contributed by atoms with E-state index in [2.05, 4.69) is 0 Å². The van der Waals surface area contributed by atoms with Crippen molar-refractivity contribution in [2.75, 3.05) is 5.73 Å². The molecule has 0 saturated heterocycles. The van der Waals surface area contributed by atoms with Gasteiger partial charge in [0.15, 0.2) is 0 Å². The van der Waals surface area contributed by atoms with Crippen molar-refractivity contribution >= 4 is 25.0 Å². The summed E-state index contributed by atoms with van der Waals surface area (Å²) >= 11 is 0. The van der Waals surface area contributed by atoms with Crippen molar-refractivity contribution in [3.63, 3.8) is 0 Å². The normalized spacial score (nSPS) is 9.45. The third-order valence-electron chi connectivity index (χ3n) is 1.31. The Bertz CT molecular complexity index is 298. The minimum atomic E-state index is -1.04. The molecule has 0 heterocycles. The number of anilines is 1. The second kappa shape index (κ2) is 2.66. The molecule has 0 unspecified atom stereocenters. The van der Waals surface area contributed by atoms with Gasteiger partial charge in [-0.15, -0.1) is 0 Å². The van der Waals surface area contributed by atoms with Gasteiger partial charge in [-0.1, -0.05) is 11.5 Å². The van der Waals surface area contributed by atoms with E-state index in [4.69, 9.17) is 18.7 Å². The second-order valence-electron chi connectivity index (χ2n) is 2.15. The number of aromatic carboxylic acids is 1. The molecule has 0 atom stereocenters. The van der Waals surface area contributed by atoms with Gasteiger partial charge in [0.25, 0.3) is 0 Å². The lowest BCUT2D eigenvalue weighted by atomic mass is 9.94. The van der Waals surface area contributed by atoms with Gasteiger partial charge in [-0.05, 0) is 12.1 Å². The molecule has 0 amide bonds. The summed E-state index contributed by atoms with van der Waals surface area (Å²) in [6.45, 7) is 0. The van der Waals surface area contributed by atoms with Gasteiger partial charge in [0.05, 0.1) is 5.56 Å². The molecule has 0 aliphatic carbocycles. The average Bonchev–Trinajstić information content (AvgIpc) is 1.85. The van der Waals surface area contributed by atoms with E-state index in [1.807, 2.05) is 0 Å². The second-order valence-corrected chi connectivity index (χ2v) is 2.15. The van der Waals surface area contributed by atoms with Crippen LogP contribution in [0.3, 0.4) is 0 Å². The van der Waals surface area contributed by atoms with Crippen LogP contribution in [-0.4, -0.2) is 18.9 Å². The molecule has 0 aliphatic rings. The number of carbonyl (C=O) groups is 1. The number of carboxylic acid groups (broad SMARTS) is 1. The Balaban J connectivity index is 3.20. The molecule has 0 saturated carbocycles. The molecular weight excluding hydrogens is 141 g/mol. The summed E-state index contributed by atoms with van der Waals surface area (Å²) in [7, 11) is 5.35. The summed E-state index contributed by atoms with van der Waals surface area (Å²) in [6, 6.07) is 4.30. The van der Waals surface area contributed by atoms with Gasteiger partial charge < -0.3 is 10.8 Å². The Labute approximate surface area is 65.2 Å². The smallest absolute Gasteiger partial charge is 0.337 e. The quantitative estimate of drug-likeness (QED) is 0.425. The highest BCUT2D eigenvalue weighted by molar-refractivity contribution is 6.32. The molecule has 0 fully saturated rings. The number of nitrogens with two attached hydrogens (primary N) is 1. The fraction of sp³-hybridized carbons (Fsp3) is 0. The lowest BCUT2D eigenvalue weighted by Crippen LogP contribution is -2.08. The van der Waals surface area contributed by atoms with Crippen molar-refractivity contribution in [3.05, 3.63) is 23.8 Å². The minimum absolute atomic E-state index is 0.0826. The zero-order valence-electron chi connectivity index (χ0n) is 5.74. The summed E-state index contributed by atoms with van der Waals surface area (Å²) in [5.41, 5.74) is 6.10. The van der Waals surface area contributed by atoms with Crippen molar-refractivity contribution < 1.29 is 9.90 Å². The number of carboxylic acids is 1. The summed E-state index contributed by atoms with van der Waals surface area (Å²) < 4.78 is 0. The average molecular weight is 147 g/mol. The molecule has 0 aromatic heterocycles. The SMILES string of the molecule is [B]c1ccc(C(=O)O)c(N)c1. The first kappa shape index (κ1) is 7.66. The lowest BCUT2D eigenvalue weighted by Gasteiger charge is -2.00. The summed E-state index contributed by atoms with van der Waals surface area (Å²) in [5.74, 6) is -1.04. The topological polar surface area (TPSA) is 63.3 Å². The van der Waals surface area contributed by atoms with Crippen LogP contribution in [0.15, 0.2) is 18.2 Å². The van der Waals surface area contributed by atoms with E-state index in [9.17, 15) is 4.79 Å². The monoisotopic (exact) mass is 147 g/mol. The fourth-order valence-electron chi connectivity index (χ4n) is 0.776. The van der Waals surface area contributed by atoms with Crippen LogP contribution in [0.5, 0.6) is 0 Å². The van der Waals surface area contributed by atoms with Crippen LogP contribution in [0, 0.1) is 0 Å². The van der Waals surface area contributed by atoms with Crippen LogP contribution in [-0.2, 0) is 0 Å².